The number of hydrogen-bond acceptors (Lipinski definition) is 3. The zero-order chi connectivity index (χ0) is 17.9. The topological polar surface area (TPSA) is 38.8 Å². The van der Waals surface area contributed by atoms with Gasteiger partial charge >= 0.3 is 6.18 Å². The van der Waals surface area contributed by atoms with Gasteiger partial charge in [-0.25, -0.2) is 0 Å². The van der Waals surface area contributed by atoms with Crippen LogP contribution in [0.4, 0.5) is 13.2 Å². The van der Waals surface area contributed by atoms with E-state index in [-0.39, 0.29) is 11.7 Å². The Morgan fingerprint density at radius 2 is 1.64 bits per heavy atom. The van der Waals surface area contributed by atoms with Crippen LogP contribution in [0, 0.1) is 0 Å². The fourth-order valence-electron chi connectivity index (χ4n) is 2.51. The predicted molar refractivity (Wildman–Crippen MR) is 84.7 cm³/mol. The minimum Gasteiger partial charge on any atom is -0.457 e. The third-order valence-electron chi connectivity index (χ3n) is 3.78. The molecule has 0 spiro atoms. The van der Waals surface area contributed by atoms with Crippen LogP contribution >= 0.6 is 0 Å². The predicted octanol–water partition coefficient (Wildman–Crippen LogP) is 3.97. The van der Waals surface area contributed by atoms with Gasteiger partial charge in [0.15, 0.2) is 0 Å². The second-order valence-electron chi connectivity index (χ2n) is 5.56. The molecule has 3 rings (SSSR count). The Bertz CT molecular complexity index is 755. The molecule has 0 aromatic heterocycles. The average Bonchev–Trinajstić information content (AvgIpc) is 2.61. The monoisotopic (exact) mass is 351 g/mol. The lowest BCUT2D eigenvalue weighted by molar-refractivity contribution is -0.137. The third kappa shape index (κ3) is 4.30. The Morgan fingerprint density at radius 3 is 2.32 bits per heavy atom. The van der Waals surface area contributed by atoms with Crippen LogP contribution in [-0.2, 0) is 10.9 Å². The summed E-state index contributed by atoms with van der Waals surface area (Å²) in [5.74, 6) is 0.210. The number of carbonyl (C=O) groups is 1. The molecule has 1 saturated heterocycles. The van der Waals surface area contributed by atoms with E-state index in [2.05, 4.69) is 0 Å². The fraction of sp³-hybridized carbons (Fsp3) is 0.278. The Hall–Kier alpha value is -2.54. The van der Waals surface area contributed by atoms with Gasteiger partial charge in [-0.2, -0.15) is 13.2 Å². The van der Waals surface area contributed by atoms with Gasteiger partial charge in [0.05, 0.1) is 18.8 Å². The first-order chi connectivity index (χ1) is 11.9. The molecule has 0 radical (unpaired) electrons. The molecule has 0 N–H and O–H groups in total. The van der Waals surface area contributed by atoms with Crippen molar-refractivity contribution in [1.82, 2.24) is 4.90 Å². The van der Waals surface area contributed by atoms with Gasteiger partial charge < -0.3 is 14.4 Å². The van der Waals surface area contributed by atoms with E-state index in [1.165, 1.54) is 18.2 Å². The lowest BCUT2D eigenvalue weighted by Crippen LogP contribution is -2.40. The minimum absolute atomic E-state index is 0.0609. The summed E-state index contributed by atoms with van der Waals surface area (Å²) in [5.41, 5.74) is -0.364. The van der Waals surface area contributed by atoms with Gasteiger partial charge in [0.1, 0.15) is 11.5 Å². The molecule has 1 aliphatic heterocycles. The Morgan fingerprint density at radius 1 is 1.00 bits per heavy atom. The van der Waals surface area contributed by atoms with Crippen molar-refractivity contribution in [3.05, 3.63) is 59.7 Å². The highest BCUT2D eigenvalue weighted by Gasteiger charge is 2.30. The molecule has 0 aliphatic carbocycles. The van der Waals surface area contributed by atoms with Crippen molar-refractivity contribution in [2.24, 2.45) is 0 Å². The van der Waals surface area contributed by atoms with E-state index in [0.717, 1.165) is 12.1 Å². The molecule has 2 aromatic carbocycles. The largest absolute Gasteiger partial charge is 0.457 e. The zero-order valence-corrected chi connectivity index (χ0v) is 13.3. The first-order valence-electron chi connectivity index (χ1n) is 7.76. The maximum atomic E-state index is 12.8. The molecule has 2 aromatic rings. The number of morpholine rings is 1. The molecule has 7 heteroatoms. The van der Waals surface area contributed by atoms with E-state index in [1.807, 2.05) is 0 Å². The number of rotatable bonds is 3. The van der Waals surface area contributed by atoms with Crippen LogP contribution in [0.5, 0.6) is 11.5 Å². The summed E-state index contributed by atoms with van der Waals surface area (Å²) >= 11 is 0. The molecule has 1 fully saturated rings. The second-order valence-corrected chi connectivity index (χ2v) is 5.56. The highest BCUT2D eigenvalue weighted by Crippen LogP contribution is 2.32. The van der Waals surface area contributed by atoms with Crippen LogP contribution in [-0.4, -0.2) is 37.1 Å². The van der Waals surface area contributed by atoms with E-state index in [4.69, 9.17) is 9.47 Å². The molecular formula is C18H16F3NO3. The van der Waals surface area contributed by atoms with Crippen molar-refractivity contribution < 1.29 is 27.4 Å². The van der Waals surface area contributed by atoms with Crippen LogP contribution in [0.1, 0.15) is 15.9 Å². The van der Waals surface area contributed by atoms with Crippen molar-refractivity contribution >= 4 is 5.91 Å². The number of carbonyl (C=O) groups excluding carboxylic acids is 1. The van der Waals surface area contributed by atoms with Crippen molar-refractivity contribution in [1.29, 1.82) is 0 Å². The van der Waals surface area contributed by atoms with Gasteiger partial charge in [0.25, 0.3) is 5.91 Å². The molecule has 0 bridgehead atoms. The molecule has 4 nitrogen and oxygen atoms in total. The maximum Gasteiger partial charge on any atom is 0.416 e. The normalized spacial score (nSPS) is 15.1. The van der Waals surface area contributed by atoms with E-state index in [1.54, 1.807) is 23.1 Å². The summed E-state index contributed by atoms with van der Waals surface area (Å²) in [6, 6.07) is 11.0. The molecule has 1 aliphatic rings. The summed E-state index contributed by atoms with van der Waals surface area (Å²) in [6.45, 7) is 2.01. The number of hydrogen-bond donors (Lipinski definition) is 0. The molecular weight excluding hydrogens is 335 g/mol. The van der Waals surface area contributed by atoms with Crippen LogP contribution in [0.2, 0.25) is 0 Å². The van der Waals surface area contributed by atoms with Gasteiger partial charge in [0.2, 0.25) is 0 Å². The average molecular weight is 351 g/mol. The first-order valence-corrected chi connectivity index (χ1v) is 7.76. The Kier molecular flexibility index (Phi) is 4.94. The number of amides is 1. The summed E-state index contributed by atoms with van der Waals surface area (Å²) in [5, 5.41) is 0. The van der Waals surface area contributed by atoms with E-state index in [0.29, 0.717) is 37.6 Å². The van der Waals surface area contributed by atoms with Crippen LogP contribution in [0.25, 0.3) is 0 Å². The van der Waals surface area contributed by atoms with Crippen molar-refractivity contribution in [2.45, 2.75) is 6.18 Å². The van der Waals surface area contributed by atoms with E-state index >= 15 is 0 Å². The zero-order valence-electron chi connectivity index (χ0n) is 13.3. The van der Waals surface area contributed by atoms with E-state index in [9.17, 15) is 18.0 Å². The lowest BCUT2D eigenvalue weighted by atomic mass is 10.1. The van der Waals surface area contributed by atoms with E-state index < -0.39 is 11.7 Å². The number of ether oxygens (including phenoxy) is 2. The lowest BCUT2D eigenvalue weighted by Gasteiger charge is -2.27. The highest BCUT2D eigenvalue weighted by atomic mass is 19.4. The van der Waals surface area contributed by atoms with Crippen LogP contribution in [0.15, 0.2) is 48.5 Å². The molecule has 0 saturated carbocycles. The standard InChI is InChI=1S/C18H16F3NO3/c19-18(20,21)14-4-2-6-16(12-14)25-15-5-1-3-13(11-15)17(23)22-7-9-24-10-8-22/h1-6,11-12H,7-10H2. The molecule has 1 amide bonds. The van der Waals surface area contributed by atoms with Gasteiger partial charge in [0, 0.05) is 18.7 Å². The SMILES string of the molecule is O=C(c1cccc(Oc2cccc(C(F)(F)F)c2)c1)N1CCOCC1. The number of nitrogens with zero attached hydrogens (tertiary/aromatic N) is 1. The number of alkyl halides is 3. The van der Waals surface area contributed by atoms with Gasteiger partial charge in [-0.15, -0.1) is 0 Å². The fourth-order valence-corrected chi connectivity index (χ4v) is 2.51. The molecule has 1 heterocycles. The second kappa shape index (κ2) is 7.14. The van der Waals surface area contributed by atoms with Gasteiger partial charge in [-0.1, -0.05) is 12.1 Å². The van der Waals surface area contributed by atoms with Crippen molar-refractivity contribution in [3.63, 3.8) is 0 Å². The Balaban J connectivity index is 1.77. The summed E-state index contributed by atoms with van der Waals surface area (Å²) in [6.07, 6.45) is -4.44. The summed E-state index contributed by atoms with van der Waals surface area (Å²) in [7, 11) is 0. The molecule has 0 atom stereocenters. The molecule has 25 heavy (non-hydrogen) atoms. The maximum absolute atomic E-state index is 12.8. The quantitative estimate of drug-likeness (QED) is 0.840. The van der Waals surface area contributed by atoms with Crippen molar-refractivity contribution in [3.8, 4) is 11.5 Å². The number of halogens is 3. The third-order valence-corrected chi connectivity index (χ3v) is 3.78. The summed E-state index contributed by atoms with van der Waals surface area (Å²) < 4.78 is 49.0. The first kappa shape index (κ1) is 17.3. The smallest absolute Gasteiger partial charge is 0.416 e. The van der Waals surface area contributed by atoms with Crippen LogP contribution in [0.3, 0.4) is 0 Å². The van der Waals surface area contributed by atoms with Crippen LogP contribution < -0.4 is 4.74 Å². The minimum atomic E-state index is -4.44. The van der Waals surface area contributed by atoms with Gasteiger partial charge in [-0.05, 0) is 36.4 Å². The number of benzene rings is 2. The van der Waals surface area contributed by atoms with Crippen molar-refractivity contribution in [2.75, 3.05) is 26.3 Å². The van der Waals surface area contributed by atoms with Gasteiger partial charge in [-0.3, -0.25) is 4.79 Å². The Labute approximate surface area is 142 Å². The highest BCUT2D eigenvalue weighted by molar-refractivity contribution is 5.94. The summed E-state index contributed by atoms with van der Waals surface area (Å²) in [4.78, 5) is 14.1. The molecule has 132 valence electrons. The molecule has 0 unspecified atom stereocenters.